The summed E-state index contributed by atoms with van der Waals surface area (Å²) in [5.41, 5.74) is 4.88. The van der Waals surface area contributed by atoms with E-state index in [0.29, 0.717) is 12.5 Å². The standard InChI is InChI=1S/C24H22N4O/c29-24(21-16-23(18-8-9-18)27-22-5-2-1-4-20(21)22)25-14-12-17-6-10-19(11-7-17)28-15-3-13-26-28/h1-7,10-11,13,15-16,18H,8-9,12,14H2,(H,25,29). The van der Waals surface area contributed by atoms with Crippen LogP contribution in [0.25, 0.3) is 16.6 Å². The first-order valence-corrected chi connectivity index (χ1v) is 10.0. The number of benzene rings is 2. The minimum Gasteiger partial charge on any atom is -0.352 e. The van der Waals surface area contributed by atoms with Crippen LogP contribution in [0.3, 0.4) is 0 Å². The molecule has 2 aromatic carbocycles. The van der Waals surface area contributed by atoms with E-state index in [0.717, 1.165) is 34.3 Å². The Balaban J connectivity index is 1.27. The third kappa shape index (κ3) is 3.76. The van der Waals surface area contributed by atoms with E-state index in [1.807, 2.05) is 59.4 Å². The van der Waals surface area contributed by atoms with E-state index in [1.54, 1.807) is 6.20 Å². The minimum absolute atomic E-state index is 0.0290. The Hall–Kier alpha value is -3.47. The van der Waals surface area contributed by atoms with E-state index in [4.69, 9.17) is 4.98 Å². The molecule has 5 nitrogen and oxygen atoms in total. The van der Waals surface area contributed by atoms with Crippen molar-refractivity contribution in [3.63, 3.8) is 0 Å². The van der Waals surface area contributed by atoms with Crippen LogP contribution in [-0.2, 0) is 6.42 Å². The molecule has 29 heavy (non-hydrogen) atoms. The third-order valence-corrected chi connectivity index (χ3v) is 5.38. The molecule has 0 saturated heterocycles. The zero-order valence-electron chi connectivity index (χ0n) is 16.1. The lowest BCUT2D eigenvalue weighted by Gasteiger charge is -2.10. The zero-order chi connectivity index (χ0) is 19.6. The van der Waals surface area contributed by atoms with Gasteiger partial charge in [0.05, 0.1) is 16.8 Å². The summed E-state index contributed by atoms with van der Waals surface area (Å²) < 4.78 is 1.83. The molecular weight excluding hydrogens is 360 g/mol. The molecule has 0 unspecified atom stereocenters. The Morgan fingerprint density at radius 3 is 2.66 bits per heavy atom. The van der Waals surface area contributed by atoms with Crippen LogP contribution in [0.15, 0.2) is 73.1 Å². The molecule has 1 fully saturated rings. The topological polar surface area (TPSA) is 59.8 Å². The van der Waals surface area contributed by atoms with Crippen molar-refractivity contribution >= 4 is 16.8 Å². The fraction of sp³-hybridized carbons (Fsp3) is 0.208. The Bertz CT molecular complexity index is 1150. The normalized spacial score (nSPS) is 13.5. The molecule has 2 aromatic heterocycles. The van der Waals surface area contributed by atoms with Gasteiger partial charge in [-0.3, -0.25) is 9.78 Å². The predicted molar refractivity (Wildman–Crippen MR) is 113 cm³/mol. The van der Waals surface area contributed by atoms with Crippen LogP contribution in [0.1, 0.15) is 40.4 Å². The SMILES string of the molecule is O=C(NCCc1ccc(-n2cccn2)cc1)c1cc(C2CC2)nc2ccccc12. The second kappa shape index (κ2) is 7.51. The van der Waals surface area contributed by atoms with Gasteiger partial charge in [0, 0.05) is 35.9 Å². The molecule has 0 radical (unpaired) electrons. The summed E-state index contributed by atoms with van der Waals surface area (Å²) in [4.78, 5) is 17.7. The number of carbonyl (C=O) groups is 1. The Morgan fingerprint density at radius 1 is 1.07 bits per heavy atom. The minimum atomic E-state index is -0.0290. The second-order valence-electron chi connectivity index (χ2n) is 7.51. The molecule has 0 aliphatic heterocycles. The molecule has 144 valence electrons. The van der Waals surface area contributed by atoms with E-state index < -0.39 is 0 Å². The Morgan fingerprint density at radius 2 is 1.90 bits per heavy atom. The van der Waals surface area contributed by atoms with Gasteiger partial charge < -0.3 is 5.32 Å². The number of para-hydroxylation sites is 1. The van der Waals surface area contributed by atoms with E-state index in [1.165, 1.54) is 18.4 Å². The molecule has 1 saturated carbocycles. The van der Waals surface area contributed by atoms with Crippen molar-refractivity contribution in [3.8, 4) is 5.69 Å². The lowest BCUT2D eigenvalue weighted by Crippen LogP contribution is -2.26. The van der Waals surface area contributed by atoms with Gasteiger partial charge in [-0.1, -0.05) is 30.3 Å². The molecule has 1 aliphatic rings. The van der Waals surface area contributed by atoms with Gasteiger partial charge in [-0.2, -0.15) is 5.10 Å². The average molecular weight is 382 g/mol. The number of nitrogens with one attached hydrogen (secondary N) is 1. The van der Waals surface area contributed by atoms with Crippen molar-refractivity contribution in [1.82, 2.24) is 20.1 Å². The van der Waals surface area contributed by atoms with Crippen LogP contribution in [0, 0.1) is 0 Å². The summed E-state index contributed by atoms with van der Waals surface area (Å²) in [6.07, 6.45) is 6.80. The molecule has 1 amide bonds. The van der Waals surface area contributed by atoms with E-state index in [-0.39, 0.29) is 5.91 Å². The second-order valence-corrected chi connectivity index (χ2v) is 7.51. The Labute approximate surface area is 169 Å². The number of nitrogens with zero attached hydrogens (tertiary/aromatic N) is 3. The van der Waals surface area contributed by atoms with Crippen LogP contribution >= 0.6 is 0 Å². The summed E-state index contributed by atoms with van der Waals surface area (Å²) in [6, 6.07) is 20.0. The number of pyridine rings is 1. The number of hydrogen-bond donors (Lipinski definition) is 1. The number of carbonyl (C=O) groups excluding carboxylic acids is 1. The average Bonchev–Trinajstić information content (AvgIpc) is 3.47. The van der Waals surface area contributed by atoms with Crippen molar-refractivity contribution < 1.29 is 4.79 Å². The molecule has 1 N–H and O–H groups in total. The lowest BCUT2D eigenvalue weighted by molar-refractivity contribution is 0.0955. The van der Waals surface area contributed by atoms with Crippen molar-refractivity contribution in [2.75, 3.05) is 6.54 Å². The third-order valence-electron chi connectivity index (χ3n) is 5.38. The van der Waals surface area contributed by atoms with E-state index in [2.05, 4.69) is 22.5 Å². The fourth-order valence-corrected chi connectivity index (χ4v) is 3.62. The number of hydrogen-bond acceptors (Lipinski definition) is 3. The number of rotatable bonds is 6. The molecule has 5 heteroatoms. The molecule has 0 bridgehead atoms. The van der Waals surface area contributed by atoms with Crippen molar-refractivity contribution in [2.45, 2.75) is 25.2 Å². The predicted octanol–water partition coefficient (Wildman–Crippen LogP) is 4.27. The Kier molecular flexibility index (Phi) is 4.56. The smallest absolute Gasteiger partial charge is 0.252 e. The summed E-state index contributed by atoms with van der Waals surface area (Å²) in [7, 11) is 0. The van der Waals surface area contributed by atoms with Gasteiger partial charge in [-0.25, -0.2) is 4.68 Å². The van der Waals surface area contributed by atoms with Gasteiger partial charge in [0.2, 0.25) is 0 Å². The summed E-state index contributed by atoms with van der Waals surface area (Å²) in [5.74, 6) is 0.484. The number of fused-ring (bicyclic) bond motifs is 1. The monoisotopic (exact) mass is 382 g/mol. The van der Waals surface area contributed by atoms with Gasteiger partial charge in [0.25, 0.3) is 5.91 Å². The first-order valence-electron chi connectivity index (χ1n) is 10.0. The lowest BCUT2D eigenvalue weighted by atomic mass is 10.1. The highest BCUT2D eigenvalue weighted by Gasteiger charge is 2.26. The highest BCUT2D eigenvalue weighted by Crippen LogP contribution is 2.40. The highest BCUT2D eigenvalue weighted by atomic mass is 16.1. The van der Waals surface area contributed by atoms with Gasteiger partial charge in [0.15, 0.2) is 0 Å². The molecule has 0 atom stereocenters. The molecule has 4 aromatic rings. The largest absolute Gasteiger partial charge is 0.352 e. The summed E-state index contributed by atoms with van der Waals surface area (Å²) in [6.45, 7) is 0.593. The molecule has 1 aliphatic carbocycles. The van der Waals surface area contributed by atoms with Gasteiger partial charge in [-0.05, 0) is 55.2 Å². The van der Waals surface area contributed by atoms with Crippen molar-refractivity contribution in [2.24, 2.45) is 0 Å². The maximum atomic E-state index is 12.9. The maximum Gasteiger partial charge on any atom is 0.252 e. The van der Waals surface area contributed by atoms with Crippen LogP contribution in [0.5, 0.6) is 0 Å². The van der Waals surface area contributed by atoms with E-state index in [9.17, 15) is 4.79 Å². The molecule has 2 heterocycles. The van der Waals surface area contributed by atoms with Gasteiger partial charge >= 0.3 is 0 Å². The molecule has 5 rings (SSSR count). The first kappa shape index (κ1) is 17.6. The molecule has 0 spiro atoms. The highest BCUT2D eigenvalue weighted by molar-refractivity contribution is 6.06. The van der Waals surface area contributed by atoms with Crippen molar-refractivity contribution in [3.05, 3.63) is 89.9 Å². The van der Waals surface area contributed by atoms with Crippen LogP contribution in [-0.4, -0.2) is 27.2 Å². The van der Waals surface area contributed by atoms with Gasteiger partial charge in [-0.15, -0.1) is 0 Å². The number of aromatic nitrogens is 3. The maximum absolute atomic E-state index is 12.9. The van der Waals surface area contributed by atoms with Crippen LogP contribution < -0.4 is 5.32 Å². The summed E-state index contributed by atoms with van der Waals surface area (Å²) in [5, 5.41) is 8.24. The quantitative estimate of drug-likeness (QED) is 0.542. The molecular formula is C24H22N4O. The zero-order valence-corrected chi connectivity index (χ0v) is 16.1. The summed E-state index contributed by atoms with van der Waals surface area (Å²) >= 11 is 0. The van der Waals surface area contributed by atoms with Crippen molar-refractivity contribution in [1.29, 1.82) is 0 Å². The first-order chi connectivity index (χ1) is 14.3. The fourth-order valence-electron chi connectivity index (χ4n) is 3.62. The van der Waals surface area contributed by atoms with Crippen LogP contribution in [0.4, 0.5) is 0 Å². The van der Waals surface area contributed by atoms with E-state index >= 15 is 0 Å². The van der Waals surface area contributed by atoms with Gasteiger partial charge in [0.1, 0.15) is 0 Å². The number of amides is 1. The van der Waals surface area contributed by atoms with Crippen LogP contribution in [0.2, 0.25) is 0 Å².